The number of aromatic nitrogens is 1. The van der Waals surface area contributed by atoms with E-state index in [4.69, 9.17) is 5.73 Å². The van der Waals surface area contributed by atoms with Crippen LogP contribution in [0.3, 0.4) is 0 Å². The van der Waals surface area contributed by atoms with Gasteiger partial charge in [0.15, 0.2) is 11.6 Å². The van der Waals surface area contributed by atoms with Crippen LogP contribution in [0.2, 0.25) is 0 Å². The highest BCUT2D eigenvalue weighted by molar-refractivity contribution is 7.99. The van der Waals surface area contributed by atoms with Crippen LogP contribution < -0.4 is 16.4 Å². The van der Waals surface area contributed by atoms with Crippen molar-refractivity contribution in [1.29, 1.82) is 0 Å². The monoisotopic (exact) mass is 538 g/mol. The van der Waals surface area contributed by atoms with E-state index in [0.717, 1.165) is 30.1 Å². The van der Waals surface area contributed by atoms with E-state index in [1.165, 1.54) is 29.0 Å². The van der Waals surface area contributed by atoms with Gasteiger partial charge in [0.2, 0.25) is 0 Å². The van der Waals surface area contributed by atoms with Gasteiger partial charge in [0.1, 0.15) is 15.6 Å². The maximum absolute atomic E-state index is 13.4. The van der Waals surface area contributed by atoms with Crippen molar-refractivity contribution in [3.8, 4) is 0 Å². The Kier molecular flexibility index (Phi) is 8.86. The van der Waals surface area contributed by atoms with Crippen molar-refractivity contribution in [3.05, 3.63) is 113 Å². The predicted octanol–water partition coefficient (Wildman–Crippen LogP) is 6.16. The van der Waals surface area contributed by atoms with Gasteiger partial charge in [0.05, 0.1) is 0 Å². The normalized spacial score (nSPS) is 10.9. The third-order valence-electron chi connectivity index (χ3n) is 5.62. The average molecular weight is 539 g/mol. The van der Waals surface area contributed by atoms with Gasteiger partial charge in [0, 0.05) is 18.2 Å². The molecule has 0 unspecified atom stereocenters. The van der Waals surface area contributed by atoms with Gasteiger partial charge in [-0.15, -0.1) is 11.8 Å². The Morgan fingerprint density at radius 2 is 1.59 bits per heavy atom. The molecule has 1 aromatic heterocycles. The maximum Gasteiger partial charge on any atom is 0.320 e. The van der Waals surface area contributed by atoms with Crippen LogP contribution in [0.25, 0.3) is 0 Å². The molecule has 3 amide bonds. The smallest absolute Gasteiger partial charge is 0.320 e. The first-order valence-electron chi connectivity index (χ1n) is 11.4. The minimum atomic E-state index is -0.999. The first-order valence-corrected chi connectivity index (χ1v) is 13.2. The number of carbonyl (C=O) groups excluding carboxylic acids is 2. The number of nitrogens with one attached hydrogen (secondary N) is 2. The Bertz CT molecular complexity index is 1330. The minimum Gasteiger partial charge on any atom is -0.365 e. The molecule has 0 atom stereocenters. The first kappa shape index (κ1) is 26.3. The van der Waals surface area contributed by atoms with E-state index >= 15 is 0 Å². The molecule has 190 valence electrons. The highest BCUT2D eigenvalue weighted by atomic mass is 32.2. The number of hydrogen-bond acceptors (Lipinski definition) is 5. The van der Waals surface area contributed by atoms with Crippen LogP contribution in [0.15, 0.2) is 83.9 Å². The van der Waals surface area contributed by atoms with Crippen molar-refractivity contribution in [1.82, 2.24) is 9.69 Å². The molecule has 4 rings (SSSR count). The summed E-state index contributed by atoms with van der Waals surface area (Å²) in [6.07, 6.45) is 0.798. The largest absolute Gasteiger partial charge is 0.365 e. The molecule has 0 saturated carbocycles. The Balaban J connectivity index is 1.40. The zero-order valence-corrected chi connectivity index (χ0v) is 21.3. The van der Waals surface area contributed by atoms with Gasteiger partial charge in [-0.1, -0.05) is 66.7 Å². The molecule has 0 spiro atoms. The SMILES string of the molecule is NC(=O)c1c(SCCC(c2ccccc2)c2ccccc2)nsc1NC(=O)NCc1ccc(F)c(F)c1. The molecule has 4 N–H and O–H groups in total. The molecule has 37 heavy (non-hydrogen) atoms. The molecule has 3 aromatic carbocycles. The molecule has 10 heteroatoms. The molecule has 0 aliphatic rings. The van der Waals surface area contributed by atoms with E-state index in [9.17, 15) is 18.4 Å². The highest BCUT2D eigenvalue weighted by Gasteiger charge is 2.22. The zero-order valence-electron chi connectivity index (χ0n) is 19.6. The lowest BCUT2D eigenvalue weighted by Gasteiger charge is -2.17. The molecule has 0 aliphatic carbocycles. The van der Waals surface area contributed by atoms with Gasteiger partial charge in [0.25, 0.3) is 5.91 Å². The van der Waals surface area contributed by atoms with E-state index < -0.39 is 23.6 Å². The minimum absolute atomic E-state index is 0.0320. The number of urea groups is 1. The fraction of sp³-hybridized carbons (Fsp3) is 0.148. The van der Waals surface area contributed by atoms with Gasteiger partial charge >= 0.3 is 6.03 Å². The number of carbonyl (C=O) groups is 2. The second-order valence-corrected chi connectivity index (χ2v) is 9.98. The van der Waals surface area contributed by atoms with Crippen molar-refractivity contribution in [2.75, 3.05) is 11.1 Å². The van der Waals surface area contributed by atoms with Gasteiger partial charge in [-0.3, -0.25) is 10.1 Å². The first-order chi connectivity index (χ1) is 17.9. The van der Waals surface area contributed by atoms with Crippen molar-refractivity contribution in [2.45, 2.75) is 23.9 Å². The summed E-state index contributed by atoms with van der Waals surface area (Å²) in [5, 5.41) is 5.80. The number of benzene rings is 3. The van der Waals surface area contributed by atoms with E-state index in [-0.39, 0.29) is 23.0 Å². The van der Waals surface area contributed by atoms with Gasteiger partial charge in [-0.2, -0.15) is 4.37 Å². The lowest BCUT2D eigenvalue weighted by Crippen LogP contribution is -2.29. The summed E-state index contributed by atoms with van der Waals surface area (Å²) in [4.78, 5) is 24.6. The number of thioether (sulfide) groups is 1. The highest BCUT2D eigenvalue weighted by Crippen LogP contribution is 2.35. The Hall–Kier alpha value is -3.76. The maximum atomic E-state index is 13.4. The topological polar surface area (TPSA) is 97.1 Å². The molecule has 0 radical (unpaired) electrons. The number of anilines is 1. The van der Waals surface area contributed by atoms with Gasteiger partial charge < -0.3 is 11.1 Å². The predicted molar refractivity (Wildman–Crippen MR) is 143 cm³/mol. The van der Waals surface area contributed by atoms with E-state index in [2.05, 4.69) is 39.3 Å². The quantitative estimate of drug-likeness (QED) is 0.211. The van der Waals surface area contributed by atoms with E-state index in [1.54, 1.807) is 0 Å². The van der Waals surface area contributed by atoms with Crippen LogP contribution in [0, 0.1) is 11.6 Å². The molecular weight excluding hydrogens is 514 g/mol. The van der Waals surface area contributed by atoms with Crippen molar-refractivity contribution >= 4 is 40.2 Å². The van der Waals surface area contributed by atoms with E-state index in [0.29, 0.717) is 16.3 Å². The van der Waals surface area contributed by atoms with Crippen LogP contribution in [-0.2, 0) is 6.54 Å². The summed E-state index contributed by atoms with van der Waals surface area (Å²) >= 11 is 2.36. The standard InChI is InChI=1S/C27H24F2N4O2S2/c28-21-12-11-17(15-22(21)29)16-31-27(35)32-25-23(24(30)34)26(33-37-25)36-14-13-20(18-7-3-1-4-8-18)19-9-5-2-6-10-19/h1-12,15,20H,13-14,16H2,(H2,30,34)(H2,31,32,35). The molecule has 4 aromatic rings. The van der Waals surface area contributed by atoms with Crippen molar-refractivity contribution < 1.29 is 18.4 Å². The van der Waals surface area contributed by atoms with Gasteiger partial charge in [-0.25, -0.2) is 13.6 Å². The number of halogens is 2. The fourth-order valence-corrected chi connectivity index (χ4v) is 5.80. The third-order valence-corrected chi connectivity index (χ3v) is 7.51. The van der Waals surface area contributed by atoms with Crippen LogP contribution >= 0.6 is 23.3 Å². The molecule has 0 fully saturated rings. The van der Waals surface area contributed by atoms with Crippen LogP contribution in [0.5, 0.6) is 0 Å². The summed E-state index contributed by atoms with van der Waals surface area (Å²) in [5.41, 5.74) is 8.54. The van der Waals surface area contributed by atoms with Crippen LogP contribution in [0.1, 0.15) is 39.4 Å². The number of primary amides is 1. The number of rotatable bonds is 10. The molecule has 1 heterocycles. The Labute approximate surface area is 221 Å². The average Bonchev–Trinajstić information content (AvgIpc) is 3.30. The summed E-state index contributed by atoms with van der Waals surface area (Å²) < 4.78 is 30.8. The molecule has 0 aliphatic heterocycles. The second kappa shape index (κ2) is 12.5. The fourth-order valence-electron chi connectivity index (χ4n) is 3.83. The van der Waals surface area contributed by atoms with Crippen LogP contribution in [-0.4, -0.2) is 22.1 Å². The molecule has 0 saturated heterocycles. The molecule has 0 bridgehead atoms. The summed E-state index contributed by atoms with van der Waals surface area (Å²) in [7, 11) is 0. The number of nitrogens with zero attached hydrogens (tertiary/aromatic N) is 1. The lowest BCUT2D eigenvalue weighted by molar-refractivity contribution is 0.0998. The summed E-state index contributed by atoms with van der Waals surface area (Å²) in [6, 6.07) is 23.1. The number of hydrogen-bond donors (Lipinski definition) is 3. The summed E-state index contributed by atoms with van der Waals surface area (Å²) in [5.74, 6) is -1.82. The molecular formula is C27H24F2N4O2S2. The number of amides is 3. The number of nitrogens with two attached hydrogens (primary N) is 1. The van der Waals surface area contributed by atoms with Crippen LogP contribution in [0.4, 0.5) is 18.6 Å². The third kappa shape index (κ3) is 6.93. The Morgan fingerprint density at radius 1 is 0.946 bits per heavy atom. The summed E-state index contributed by atoms with van der Waals surface area (Å²) in [6.45, 7) is -0.0320. The van der Waals surface area contributed by atoms with Crippen molar-refractivity contribution in [2.24, 2.45) is 5.73 Å². The zero-order chi connectivity index (χ0) is 26.2. The van der Waals surface area contributed by atoms with Crippen molar-refractivity contribution in [3.63, 3.8) is 0 Å². The Morgan fingerprint density at radius 3 is 2.19 bits per heavy atom. The lowest BCUT2D eigenvalue weighted by atomic mass is 9.89. The van der Waals surface area contributed by atoms with E-state index in [1.807, 2.05) is 36.4 Å². The van der Waals surface area contributed by atoms with Gasteiger partial charge in [-0.05, 0) is 46.8 Å². The molecule has 6 nitrogen and oxygen atoms in total. The second-order valence-electron chi connectivity index (χ2n) is 8.12.